The summed E-state index contributed by atoms with van der Waals surface area (Å²) in [6.45, 7) is 3.52. The van der Waals surface area contributed by atoms with Gasteiger partial charge >= 0.3 is 0 Å². The summed E-state index contributed by atoms with van der Waals surface area (Å²) in [4.78, 5) is 11.9. The van der Waals surface area contributed by atoms with E-state index in [-0.39, 0.29) is 11.9 Å². The summed E-state index contributed by atoms with van der Waals surface area (Å²) < 4.78 is 6.71. The van der Waals surface area contributed by atoms with Crippen LogP contribution in [0, 0.1) is 5.92 Å². The fraction of sp³-hybridized carbons (Fsp3) is 0.500. The van der Waals surface area contributed by atoms with E-state index in [0.29, 0.717) is 5.92 Å². The van der Waals surface area contributed by atoms with Gasteiger partial charge in [0.15, 0.2) is 0 Å². The second-order valence-corrected chi connectivity index (χ2v) is 5.96. The quantitative estimate of drug-likeness (QED) is 0.875. The van der Waals surface area contributed by atoms with E-state index in [2.05, 4.69) is 26.6 Å². The molecule has 1 aliphatic carbocycles. The second-order valence-electron chi connectivity index (χ2n) is 5.10. The molecule has 1 heterocycles. The molecule has 1 amide bonds. The number of benzene rings is 1. The van der Waals surface area contributed by atoms with Crippen LogP contribution in [0.5, 0.6) is 5.75 Å². The van der Waals surface area contributed by atoms with Gasteiger partial charge in [-0.15, -0.1) is 0 Å². The Labute approximate surface area is 121 Å². The molecule has 1 unspecified atom stereocenters. The lowest BCUT2D eigenvalue weighted by molar-refractivity contribution is -0.117. The zero-order valence-corrected chi connectivity index (χ0v) is 12.4. The van der Waals surface area contributed by atoms with Crippen molar-refractivity contribution in [1.29, 1.82) is 0 Å². The van der Waals surface area contributed by atoms with Gasteiger partial charge in [0.05, 0.1) is 11.1 Å². The molecule has 19 heavy (non-hydrogen) atoms. The topological polar surface area (TPSA) is 50.4 Å². The Morgan fingerprint density at radius 2 is 2.26 bits per heavy atom. The van der Waals surface area contributed by atoms with Crippen LogP contribution in [-0.4, -0.2) is 19.1 Å². The van der Waals surface area contributed by atoms with Crippen LogP contribution in [0.4, 0.5) is 5.69 Å². The predicted molar refractivity (Wildman–Crippen MR) is 77.4 cm³/mol. The van der Waals surface area contributed by atoms with Crippen molar-refractivity contribution < 1.29 is 9.53 Å². The SMILES string of the molecule is CCNC1C(=O)Nc2cc(OCC3CC3)c(Br)cc21. The smallest absolute Gasteiger partial charge is 0.246 e. The molecule has 0 saturated heterocycles. The first kappa shape index (κ1) is 12.9. The van der Waals surface area contributed by atoms with Crippen molar-refractivity contribution in [2.45, 2.75) is 25.8 Å². The van der Waals surface area contributed by atoms with Crippen molar-refractivity contribution in [2.75, 3.05) is 18.5 Å². The minimum absolute atomic E-state index is 0.00286. The lowest BCUT2D eigenvalue weighted by atomic mass is 10.1. The van der Waals surface area contributed by atoms with Gasteiger partial charge in [0.1, 0.15) is 11.8 Å². The lowest BCUT2D eigenvalue weighted by Gasteiger charge is -2.12. The highest BCUT2D eigenvalue weighted by Gasteiger charge is 2.31. The summed E-state index contributed by atoms with van der Waals surface area (Å²) in [7, 11) is 0. The van der Waals surface area contributed by atoms with Crippen LogP contribution in [0.15, 0.2) is 16.6 Å². The fourth-order valence-corrected chi connectivity index (χ4v) is 2.75. The van der Waals surface area contributed by atoms with Crippen molar-refractivity contribution in [3.05, 3.63) is 22.2 Å². The summed E-state index contributed by atoms with van der Waals surface area (Å²) in [5, 5.41) is 6.08. The molecule has 1 aliphatic heterocycles. The molecule has 0 aromatic heterocycles. The van der Waals surface area contributed by atoms with E-state index in [9.17, 15) is 4.79 Å². The predicted octanol–water partition coefficient (Wildman–Crippen LogP) is 2.84. The van der Waals surface area contributed by atoms with Crippen LogP contribution in [0.25, 0.3) is 0 Å². The highest BCUT2D eigenvalue weighted by molar-refractivity contribution is 9.10. The Balaban J connectivity index is 1.83. The summed E-state index contributed by atoms with van der Waals surface area (Å²) in [5.41, 5.74) is 1.84. The number of likely N-dealkylation sites (N-methyl/N-ethyl adjacent to an activating group) is 1. The van der Waals surface area contributed by atoms with Gasteiger partial charge in [-0.3, -0.25) is 4.79 Å². The van der Waals surface area contributed by atoms with Gasteiger partial charge in [-0.25, -0.2) is 0 Å². The number of halogens is 1. The maximum Gasteiger partial charge on any atom is 0.246 e. The lowest BCUT2D eigenvalue weighted by Crippen LogP contribution is -2.27. The molecule has 2 N–H and O–H groups in total. The van der Waals surface area contributed by atoms with E-state index < -0.39 is 0 Å². The Kier molecular flexibility index (Phi) is 3.50. The zero-order valence-electron chi connectivity index (χ0n) is 10.8. The number of hydrogen-bond acceptors (Lipinski definition) is 3. The Bertz CT molecular complexity index is 514. The summed E-state index contributed by atoms with van der Waals surface area (Å²) in [6, 6.07) is 3.63. The number of nitrogens with one attached hydrogen (secondary N) is 2. The number of carbonyl (C=O) groups excluding carboxylic acids is 1. The monoisotopic (exact) mass is 324 g/mol. The summed E-state index contributed by atoms with van der Waals surface area (Å²) in [5.74, 6) is 1.52. The third-order valence-electron chi connectivity index (χ3n) is 3.51. The van der Waals surface area contributed by atoms with E-state index in [1.165, 1.54) is 12.8 Å². The first-order chi connectivity index (χ1) is 9.19. The number of fused-ring (bicyclic) bond motifs is 1. The number of hydrogen-bond donors (Lipinski definition) is 2. The molecule has 4 nitrogen and oxygen atoms in total. The number of anilines is 1. The van der Waals surface area contributed by atoms with Crippen molar-refractivity contribution >= 4 is 27.5 Å². The number of ether oxygens (including phenoxy) is 1. The highest BCUT2D eigenvalue weighted by Crippen LogP contribution is 2.39. The maximum atomic E-state index is 11.9. The van der Waals surface area contributed by atoms with Gasteiger partial charge in [0.2, 0.25) is 5.91 Å². The van der Waals surface area contributed by atoms with Crippen LogP contribution in [0.3, 0.4) is 0 Å². The molecule has 102 valence electrons. The van der Waals surface area contributed by atoms with Crippen LogP contribution in [0.2, 0.25) is 0 Å². The van der Waals surface area contributed by atoms with E-state index in [4.69, 9.17) is 4.74 Å². The molecule has 1 fully saturated rings. The van der Waals surface area contributed by atoms with E-state index in [1.54, 1.807) is 0 Å². The van der Waals surface area contributed by atoms with Crippen molar-refractivity contribution in [3.8, 4) is 5.75 Å². The van der Waals surface area contributed by atoms with Crippen molar-refractivity contribution in [2.24, 2.45) is 5.92 Å². The number of amides is 1. The number of rotatable bonds is 5. The van der Waals surface area contributed by atoms with Gasteiger partial charge in [0.25, 0.3) is 0 Å². The molecular weight excluding hydrogens is 308 g/mol. The molecular formula is C14H17BrN2O2. The van der Waals surface area contributed by atoms with Gasteiger partial charge in [-0.2, -0.15) is 0 Å². The Morgan fingerprint density at radius 3 is 2.95 bits per heavy atom. The molecule has 0 radical (unpaired) electrons. The van der Waals surface area contributed by atoms with Crippen LogP contribution in [-0.2, 0) is 4.79 Å². The first-order valence-electron chi connectivity index (χ1n) is 6.69. The molecule has 1 aromatic carbocycles. The van der Waals surface area contributed by atoms with Crippen LogP contribution in [0.1, 0.15) is 31.4 Å². The van der Waals surface area contributed by atoms with E-state index in [1.807, 2.05) is 19.1 Å². The fourth-order valence-electron chi connectivity index (χ4n) is 2.27. The van der Waals surface area contributed by atoms with Crippen LogP contribution >= 0.6 is 15.9 Å². The summed E-state index contributed by atoms with van der Waals surface area (Å²) in [6.07, 6.45) is 2.53. The maximum absolute atomic E-state index is 11.9. The third kappa shape index (κ3) is 2.62. The van der Waals surface area contributed by atoms with E-state index in [0.717, 1.165) is 34.6 Å². The molecule has 5 heteroatoms. The molecule has 1 saturated carbocycles. The molecule has 3 rings (SSSR count). The molecule has 1 atom stereocenters. The van der Waals surface area contributed by atoms with Gasteiger partial charge in [-0.05, 0) is 47.3 Å². The van der Waals surface area contributed by atoms with Crippen molar-refractivity contribution in [1.82, 2.24) is 5.32 Å². The van der Waals surface area contributed by atoms with E-state index >= 15 is 0 Å². The minimum atomic E-state index is -0.256. The Hall–Kier alpha value is -1.07. The standard InChI is InChI=1S/C14H17BrN2O2/c1-2-16-13-9-5-10(15)12(19-7-8-3-4-8)6-11(9)17-14(13)18/h5-6,8,13,16H,2-4,7H2,1H3,(H,17,18). The van der Waals surface area contributed by atoms with Crippen LogP contribution < -0.4 is 15.4 Å². The minimum Gasteiger partial charge on any atom is -0.492 e. The molecule has 0 bridgehead atoms. The first-order valence-corrected chi connectivity index (χ1v) is 7.49. The highest BCUT2D eigenvalue weighted by atomic mass is 79.9. The largest absolute Gasteiger partial charge is 0.492 e. The molecule has 2 aliphatic rings. The van der Waals surface area contributed by atoms with Gasteiger partial charge in [-0.1, -0.05) is 6.92 Å². The Morgan fingerprint density at radius 1 is 1.47 bits per heavy atom. The van der Waals surface area contributed by atoms with Crippen molar-refractivity contribution in [3.63, 3.8) is 0 Å². The zero-order chi connectivity index (χ0) is 13.4. The van der Waals surface area contributed by atoms with Gasteiger partial charge in [0, 0.05) is 17.3 Å². The average Bonchev–Trinajstić information content (AvgIpc) is 3.15. The average molecular weight is 325 g/mol. The third-order valence-corrected chi connectivity index (χ3v) is 4.13. The second kappa shape index (κ2) is 5.13. The summed E-state index contributed by atoms with van der Waals surface area (Å²) >= 11 is 3.53. The normalized spacial score (nSPS) is 21.2. The van der Waals surface area contributed by atoms with Gasteiger partial charge < -0.3 is 15.4 Å². The number of carbonyl (C=O) groups is 1. The molecule has 0 spiro atoms. The molecule has 1 aromatic rings.